The predicted octanol–water partition coefficient (Wildman–Crippen LogP) is 2.05. The number of nitrogens with zero attached hydrogens (tertiary/aromatic N) is 3. The van der Waals surface area contributed by atoms with Crippen LogP contribution in [-0.4, -0.2) is 22.1 Å². The van der Waals surface area contributed by atoms with Crippen molar-refractivity contribution < 1.29 is 4.74 Å². The average molecular weight is 272 g/mol. The Morgan fingerprint density at radius 1 is 1.10 bits per heavy atom. The number of hydrogen-bond acceptors (Lipinski definition) is 5. The molecular weight excluding hydrogens is 252 g/mol. The summed E-state index contributed by atoms with van der Waals surface area (Å²) in [5.41, 5.74) is 10.8. The van der Waals surface area contributed by atoms with Gasteiger partial charge in [-0.3, -0.25) is 15.0 Å². The van der Waals surface area contributed by atoms with Gasteiger partial charge in [0.15, 0.2) is 0 Å². The summed E-state index contributed by atoms with van der Waals surface area (Å²) < 4.78 is 5.41. The third kappa shape index (κ3) is 2.93. The first-order valence-corrected chi connectivity index (χ1v) is 6.56. The fourth-order valence-corrected chi connectivity index (χ4v) is 2.18. The molecule has 5 nitrogen and oxygen atoms in total. The van der Waals surface area contributed by atoms with Crippen LogP contribution >= 0.6 is 0 Å². The van der Waals surface area contributed by atoms with Crippen LogP contribution in [0.25, 0.3) is 0 Å². The van der Waals surface area contributed by atoms with Crippen LogP contribution in [0.2, 0.25) is 0 Å². The number of nitrogens with two attached hydrogens (primary N) is 1. The molecule has 0 aromatic carbocycles. The minimum absolute atomic E-state index is 0.221. The Hall–Kier alpha value is -2.01. The average Bonchev–Trinajstić information content (AvgIpc) is 2.43. The second-order valence-corrected chi connectivity index (χ2v) is 4.94. The van der Waals surface area contributed by atoms with Crippen molar-refractivity contribution >= 4 is 0 Å². The molecule has 2 rings (SSSR count). The quantitative estimate of drug-likeness (QED) is 0.922. The second kappa shape index (κ2) is 5.96. The lowest BCUT2D eigenvalue weighted by atomic mass is 10.0. The van der Waals surface area contributed by atoms with Gasteiger partial charge in [0.1, 0.15) is 5.75 Å². The lowest BCUT2D eigenvalue weighted by molar-refractivity contribution is 0.406. The topological polar surface area (TPSA) is 73.9 Å². The molecule has 0 aliphatic carbocycles. The van der Waals surface area contributed by atoms with E-state index in [9.17, 15) is 0 Å². The monoisotopic (exact) mass is 272 g/mol. The Kier molecular flexibility index (Phi) is 4.29. The third-order valence-electron chi connectivity index (χ3n) is 3.34. The summed E-state index contributed by atoms with van der Waals surface area (Å²) >= 11 is 0. The standard InChI is InChI=1S/C15H20N4O/c1-9-6-18-13(11(3)15(9)20-4)5-12(16)14-8-17-10(2)7-19-14/h6-8,12H,5,16H2,1-4H3. The molecule has 0 aliphatic rings. The lowest BCUT2D eigenvalue weighted by Crippen LogP contribution is -2.17. The molecule has 2 N–H and O–H groups in total. The van der Waals surface area contributed by atoms with Crippen molar-refractivity contribution in [2.45, 2.75) is 33.2 Å². The van der Waals surface area contributed by atoms with Crippen molar-refractivity contribution in [3.05, 3.63) is 46.8 Å². The van der Waals surface area contributed by atoms with Gasteiger partial charge in [0.05, 0.1) is 30.7 Å². The van der Waals surface area contributed by atoms with E-state index in [0.717, 1.165) is 34.0 Å². The van der Waals surface area contributed by atoms with Crippen LogP contribution in [0, 0.1) is 20.8 Å². The molecule has 106 valence electrons. The molecule has 0 aliphatic heterocycles. The molecule has 1 unspecified atom stereocenters. The van der Waals surface area contributed by atoms with Gasteiger partial charge in [-0.1, -0.05) is 0 Å². The molecule has 0 spiro atoms. The van der Waals surface area contributed by atoms with Crippen molar-refractivity contribution in [1.82, 2.24) is 15.0 Å². The van der Waals surface area contributed by atoms with E-state index in [1.165, 1.54) is 0 Å². The molecule has 2 heterocycles. The van der Waals surface area contributed by atoms with Gasteiger partial charge in [-0.2, -0.15) is 0 Å². The first kappa shape index (κ1) is 14.4. The van der Waals surface area contributed by atoms with Crippen LogP contribution in [0.4, 0.5) is 0 Å². The Labute approximate surface area is 119 Å². The number of hydrogen-bond donors (Lipinski definition) is 1. The van der Waals surface area contributed by atoms with E-state index in [4.69, 9.17) is 10.5 Å². The van der Waals surface area contributed by atoms with E-state index < -0.39 is 0 Å². The van der Waals surface area contributed by atoms with Crippen LogP contribution in [0.5, 0.6) is 5.75 Å². The van der Waals surface area contributed by atoms with E-state index in [0.29, 0.717) is 6.42 Å². The molecular formula is C15H20N4O. The van der Waals surface area contributed by atoms with Gasteiger partial charge >= 0.3 is 0 Å². The highest BCUT2D eigenvalue weighted by atomic mass is 16.5. The summed E-state index contributed by atoms with van der Waals surface area (Å²) in [6, 6.07) is -0.221. The van der Waals surface area contributed by atoms with Gasteiger partial charge < -0.3 is 10.5 Å². The summed E-state index contributed by atoms with van der Waals surface area (Å²) in [5.74, 6) is 0.872. The van der Waals surface area contributed by atoms with Crippen LogP contribution in [0.1, 0.15) is 34.3 Å². The van der Waals surface area contributed by atoms with Crippen molar-refractivity contribution in [1.29, 1.82) is 0 Å². The van der Waals surface area contributed by atoms with Gasteiger partial charge in [0.2, 0.25) is 0 Å². The van der Waals surface area contributed by atoms with Crippen LogP contribution in [-0.2, 0) is 6.42 Å². The molecule has 0 bridgehead atoms. The summed E-state index contributed by atoms with van der Waals surface area (Å²) in [4.78, 5) is 13.0. The number of aromatic nitrogens is 3. The predicted molar refractivity (Wildman–Crippen MR) is 77.7 cm³/mol. The lowest BCUT2D eigenvalue weighted by Gasteiger charge is -2.15. The molecule has 0 saturated heterocycles. The number of pyridine rings is 1. The smallest absolute Gasteiger partial charge is 0.128 e. The van der Waals surface area contributed by atoms with Gasteiger partial charge in [-0.05, 0) is 20.8 Å². The maximum absolute atomic E-state index is 6.19. The Balaban J connectivity index is 2.23. The zero-order valence-corrected chi connectivity index (χ0v) is 12.3. The minimum Gasteiger partial charge on any atom is -0.496 e. The van der Waals surface area contributed by atoms with E-state index >= 15 is 0 Å². The van der Waals surface area contributed by atoms with Gasteiger partial charge in [-0.25, -0.2) is 0 Å². The molecule has 0 radical (unpaired) electrons. The van der Waals surface area contributed by atoms with Crippen molar-refractivity contribution in [3.8, 4) is 5.75 Å². The zero-order chi connectivity index (χ0) is 14.7. The fourth-order valence-electron chi connectivity index (χ4n) is 2.18. The maximum Gasteiger partial charge on any atom is 0.128 e. The highest BCUT2D eigenvalue weighted by molar-refractivity contribution is 5.41. The van der Waals surface area contributed by atoms with Crippen LogP contribution < -0.4 is 10.5 Å². The van der Waals surface area contributed by atoms with E-state index in [1.807, 2.05) is 27.0 Å². The Bertz CT molecular complexity index is 596. The van der Waals surface area contributed by atoms with Crippen molar-refractivity contribution in [2.24, 2.45) is 5.73 Å². The Morgan fingerprint density at radius 2 is 1.85 bits per heavy atom. The SMILES string of the molecule is COc1c(C)cnc(CC(N)c2cnc(C)cn2)c1C. The molecule has 5 heteroatoms. The largest absolute Gasteiger partial charge is 0.496 e. The summed E-state index contributed by atoms with van der Waals surface area (Å²) in [6.45, 7) is 5.88. The molecule has 2 aromatic heterocycles. The second-order valence-electron chi connectivity index (χ2n) is 4.94. The summed E-state index contributed by atoms with van der Waals surface area (Å²) in [5, 5.41) is 0. The van der Waals surface area contributed by atoms with E-state index in [1.54, 1.807) is 19.5 Å². The van der Waals surface area contributed by atoms with E-state index in [-0.39, 0.29) is 6.04 Å². The molecule has 1 atom stereocenters. The first-order valence-electron chi connectivity index (χ1n) is 6.56. The van der Waals surface area contributed by atoms with Crippen LogP contribution in [0.15, 0.2) is 18.6 Å². The summed E-state index contributed by atoms with van der Waals surface area (Å²) in [7, 11) is 1.67. The summed E-state index contributed by atoms with van der Waals surface area (Å²) in [6.07, 6.45) is 5.88. The number of ether oxygens (including phenoxy) is 1. The highest BCUT2D eigenvalue weighted by Gasteiger charge is 2.15. The molecule has 0 fully saturated rings. The Morgan fingerprint density at radius 3 is 2.45 bits per heavy atom. The minimum atomic E-state index is -0.221. The molecule has 20 heavy (non-hydrogen) atoms. The first-order chi connectivity index (χ1) is 9.52. The zero-order valence-electron chi connectivity index (χ0n) is 12.3. The maximum atomic E-state index is 6.19. The van der Waals surface area contributed by atoms with Gasteiger partial charge in [0, 0.05) is 35.6 Å². The normalized spacial score (nSPS) is 12.2. The molecule has 0 saturated carbocycles. The van der Waals surface area contributed by atoms with E-state index in [2.05, 4.69) is 15.0 Å². The molecule has 0 amide bonds. The van der Waals surface area contributed by atoms with Gasteiger partial charge in [0.25, 0.3) is 0 Å². The van der Waals surface area contributed by atoms with Gasteiger partial charge in [-0.15, -0.1) is 0 Å². The number of methoxy groups -OCH3 is 1. The fraction of sp³-hybridized carbons (Fsp3) is 0.400. The highest BCUT2D eigenvalue weighted by Crippen LogP contribution is 2.26. The third-order valence-corrected chi connectivity index (χ3v) is 3.34. The number of rotatable bonds is 4. The van der Waals surface area contributed by atoms with Crippen molar-refractivity contribution in [2.75, 3.05) is 7.11 Å². The number of aryl methyl sites for hydroxylation is 2. The molecule has 2 aromatic rings. The van der Waals surface area contributed by atoms with Crippen molar-refractivity contribution in [3.63, 3.8) is 0 Å². The van der Waals surface area contributed by atoms with Crippen LogP contribution in [0.3, 0.4) is 0 Å².